The lowest BCUT2D eigenvalue weighted by Crippen LogP contribution is -2.08. The maximum atomic E-state index is 5.35. The van der Waals surface area contributed by atoms with Crippen LogP contribution >= 0.6 is 35.3 Å². The van der Waals surface area contributed by atoms with Crippen molar-refractivity contribution in [1.82, 2.24) is 19.6 Å². The molecule has 4 rings (SSSR count). The van der Waals surface area contributed by atoms with E-state index in [0.717, 1.165) is 28.0 Å². The first kappa shape index (κ1) is 12.8. The van der Waals surface area contributed by atoms with Gasteiger partial charge in [-0.2, -0.15) is 5.10 Å². The second-order valence-corrected chi connectivity index (χ2v) is 7.56. The van der Waals surface area contributed by atoms with Gasteiger partial charge in [0.15, 0.2) is 10.8 Å². The molecule has 0 spiro atoms. The van der Waals surface area contributed by atoms with Crippen molar-refractivity contribution in [3.63, 3.8) is 0 Å². The van der Waals surface area contributed by atoms with Gasteiger partial charge in [0.1, 0.15) is 4.83 Å². The van der Waals surface area contributed by atoms with Crippen LogP contribution in [0.5, 0.6) is 0 Å². The standard InChI is InChI=1S/C13H14N4S3/c1-6-3-4-7-8(5-6)20-11-9(7)10-15-16-12(18)17(10)13(14-11)19-2/h6H,3-5H2,1-2H3,(H,16,18). The van der Waals surface area contributed by atoms with Crippen molar-refractivity contribution in [3.05, 3.63) is 15.2 Å². The Morgan fingerprint density at radius 3 is 3.15 bits per heavy atom. The Morgan fingerprint density at radius 2 is 2.35 bits per heavy atom. The van der Waals surface area contributed by atoms with Crippen LogP contribution in [0, 0.1) is 10.7 Å². The number of nitrogens with one attached hydrogen (secondary N) is 1. The number of nitrogens with zero attached hydrogens (tertiary/aromatic N) is 3. The lowest BCUT2D eigenvalue weighted by atomic mass is 9.89. The molecule has 3 aromatic rings. The van der Waals surface area contributed by atoms with Gasteiger partial charge in [-0.3, -0.25) is 5.10 Å². The van der Waals surface area contributed by atoms with E-state index in [2.05, 4.69) is 17.1 Å². The molecule has 1 atom stereocenters. The van der Waals surface area contributed by atoms with Crippen LogP contribution < -0.4 is 0 Å². The highest BCUT2D eigenvalue weighted by atomic mass is 32.2. The highest BCUT2D eigenvalue weighted by Gasteiger charge is 2.24. The highest BCUT2D eigenvalue weighted by molar-refractivity contribution is 7.98. The molecule has 1 unspecified atom stereocenters. The Bertz CT molecular complexity index is 873. The first-order valence-electron chi connectivity index (χ1n) is 6.64. The number of hydrogen-bond donors (Lipinski definition) is 1. The molecular weight excluding hydrogens is 308 g/mol. The number of fused-ring (bicyclic) bond motifs is 5. The number of hydrogen-bond acceptors (Lipinski definition) is 5. The van der Waals surface area contributed by atoms with Gasteiger partial charge in [-0.15, -0.1) is 11.3 Å². The molecule has 20 heavy (non-hydrogen) atoms. The number of rotatable bonds is 1. The van der Waals surface area contributed by atoms with Crippen LogP contribution in [0.2, 0.25) is 0 Å². The topological polar surface area (TPSA) is 46.0 Å². The molecule has 3 heterocycles. The number of thiophene rings is 1. The third-order valence-corrected chi connectivity index (χ3v) is 6.02. The smallest absolute Gasteiger partial charge is 0.201 e. The van der Waals surface area contributed by atoms with Crippen LogP contribution in [-0.2, 0) is 12.8 Å². The first-order valence-corrected chi connectivity index (χ1v) is 9.09. The van der Waals surface area contributed by atoms with Crippen LogP contribution in [0.4, 0.5) is 0 Å². The zero-order valence-corrected chi connectivity index (χ0v) is 13.7. The molecule has 0 aliphatic heterocycles. The van der Waals surface area contributed by atoms with Gasteiger partial charge in [-0.05, 0) is 49.2 Å². The number of aryl methyl sites for hydroxylation is 1. The maximum Gasteiger partial charge on any atom is 0.201 e. The van der Waals surface area contributed by atoms with Gasteiger partial charge in [0, 0.05) is 4.88 Å². The van der Waals surface area contributed by atoms with Gasteiger partial charge in [-0.1, -0.05) is 18.7 Å². The fraction of sp³-hybridized carbons (Fsp3) is 0.462. The van der Waals surface area contributed by atoms with Gasteiger partial charge in [0.05, 0.1) is 5.39 Å². The van der Waals surface area contributed by atoms with Crippen molar-refractivity contribution >= 4 is 51.2 Å². The molecule has 0 fully saturated rings. The minimum Gasteiger partial charge on any atom is -0.251 e. The Hall–Kier alpha value is -0.920. The summed E-state index contributed by atoms with van der Waals surface area (Å²) in [5.41, 5.74) is 2.39. The van der Waals surface area contributed by atoms with Crippen molar-refractivity contribution in [2.24, 2.45) is 5.92 Å². The average Bonchev–Trinajstić information content (AvgIpc) is 2.98. The van der Waals surface area contributed by atoms with E-state index in [1.54, 1.807) is 11.8 Å². The first-order chi connectivity index (χ1) is 9.69. The molecule has 7 heteroatoms. The fourth-order valence-corrected chi connectivity index (χ4v) is 5.22. The summed E-state index contributed by atoms with van der Waals surface area (Å²) in [6.45, 7) is 2.33. The monoisotopic (exact) mass is 322 g/mol. The van der Waals surface area contributed by atoms with Crippen LogP contribution in [-0.4, -0.2) is 25.8 Å². The second-order valence-electron chi connectivity index (χ2n) is 5.32. The lowest BCUT2D eigenvalue weighted by Gasteiger charge is -2.17. The van der Waals surface area contributed by atoms with E-state index in [-0.39, 0.29) is 0 Å². The predicted octanol–water partition coefficient (Wildman–Crippen LogP) is 3.85. The van der Waals surface area contributed by atoms with E-state index in [1.165, 1.54) is 28.7 Å². The van der Waals surface area contributed by atoms with Gasteiger partial charge in [-0.25, -0.2) is 9.38 Å². The molecule has 4 nitrogen and oxygen atoms in total. The predicted molar refractivity (Wildman–Crippen MR) is 86.5 cm³/mol. The van der Waals surface area contributed by atoms with E-state index < -0.39 is 0 Å². The maximum absolute atomic E-state index is 5.35. The molecule has 0 amide bonds. The van der Waals surface area contributed by atoms with E-state index >= 15 is 0 Å². The fourth-order valence-electron chi connectivity index (χ4n) is 2.96. The lowest BCUT2D eigenvalue weighted by molar-refractivity contribution is 0.509. The molecule has 0 saturated heterocycles. The van der Waals surface area contributed by atoms with Crippen LogP contribution in [0.1, 0.15) is 23.8 Å². The summed E-state index contributed by atoms with van der Waals surface area (Å²) in [5, 5.41) is 9.49. The van der Waals surface area contributed by atoms with E-state index in [9.17, 15) is 0 Å². The quantitative estimate of drug-likeness (QED) is 0.420. The number of thioether (sulfide) groups is 1. The second kappa shape index (κ2) is 4.54. The number of aromatic nitrogens is 4. The Kier molecular flexibility index (Phi) is 2.90. The molecule has 1 N–H and O–H groups in total. The largest absolute Gasteiger partial charge is 0.251 e. The van der Waals surface area contributed by atoms with Crippen LogP contribution in [0.3, 0.4) is 0 Å². The summed E-state index contributed by atoms with van der Waals surface area (Å²) in [6.07, 6.45) is 5.58. The molecule has 0 aromatic carbocycles. The Morgan fingerprint density at radius 1 is 1.50 bits per heavy atom. The summed E-state index contributed by atoms with van der Waals surface area (Å²) < 4.78 is 2.59. The zero-order chi connectivity index (χ0) is 13.9. The molecule has 0 radical (unpaired) electrons. The molecule has 3 aromatic heterocycles. The summed E-state index contributed by atoms with van der Waals surface area (Å²) in [5.74, 6) is 0.771. The van der Waals surface area contributed by atoms with Crippen molar-refractivity contribution in [2.45, 2.75) is 31.3 Å². The molecule has 0 saturated carbocycles. The zero-order valence-electron chi connectivity index (χ0n) is 11.3. The van der Waals surface area contributed by atoms with Crippen molar-refractivity contribution in [2.75, 3.05) is 6.26 Å². The molecule has 104 valence electrons. The third kappa shape index (κ3) is 1.69. The Balaban J connectivity index is 2.15. The van der Waals surface area contributed by atoms with E-state index in [4.69, 9.17) is 17.2 Å². The molecule has 0 bridgehead atoms. The normalized spacial score (nSPS) is 18.8. The summed E-state index contributed by atoms with van der Waals surface area (Å²) in [7, 11) is 0. The Labute approximate surface area is 129 Å². The van der Waals surface area contributed by atoms with Crippen molar-refractivity contribution in [1.29, 1.82) is 0 Å². The summed E-state index contributed by atoms with van der Waals surface area (Å²) in [4.78, 5) is 7.40. The highest BCUT2D eigenvalue weighted by Crippen LogP contribution is 2.39. The minimum absolute atomic E-state index is 0.628. The third-order valence-electron chi connectivity index (χ3n) is 3.96. The van der Waals surface area contributed by atoms with Gasteiger partial charge >= 0.3 is 0 Å². The van der Waals surface area contributed by atoms with Gasteiger partial charge < -0.3 is 0 Å². The summed E-state index contributed by atoms with van der Waals surface area (Å²) >= 11 is 8.79. The summed E-state index contributed by atoms with van der Waals surface area (Å²) in [6, 6.07) is 0. The van der Waals surface area contributed by atoms with Crippen molar-refractivity contribution in [3.8, 4) is 0 Å². The molecule has 1 aliphatic rings. The van der Waals surface area contributed by atoms with Crippen LogP contribution in [0.15, 0.2) is 5.16 Å². The minimum atomic E-state index is 0.628. The van der Waals surface area contributed by atoms with Crippen molar-refractivity contribution < 1.29 is 0 Å². The molecule has 1 aliphatic carbocycles. The van der Waals surface area contributed by atoms with Crippen LogP contribution in [0.25, 0.3) is 15.9 Å². The number of H-pyrrole nitrogens is 1. The number of aromatic amines is 1. The van der Waals surface area contributed by atoms with Gasteiger partial charge in [0.25, 0.3) is 0 Å². The molecular formula is C13H14N4S3. The SMILES string of the molecule is CSc1nc2sc3c(c2c2n[nH]c(=S)n12)CCC(C)C3. The van der Waals surface area contributed by atoms with E-state index in [1.807, 2.05) is 22.0 Å². The van der Waals surface area contributed by atoms with Gasteiger partial charge in [0.2, 0.25) is 4.77 Å². The average molecular weight is 322 g/mol. The van der Waals surface area contributed by atoms with E-state index in [0.29, 0.717) is 4.77 Å².